The number of anilines is 2. The van der Waals surface area contributed by atoms with Crippen LogP contribution in [0, 0.1) is 5.92 Å². The van der Waals surface area contributed by atoms with E-state index in [0.717, 1.165) is 0 Å². The second kappa shape index (κ2) is 10.5. The fraction of sp³-hybridized carbons (Fsp3) is 0.273. The second-order valence-electron chi connectivity index (χ2n) is 6.95. The molecule has 1 aliphatic heterocycles. The third kappa shape index (κ3) is 5.77. The van der Waals surface area contributed by atoms with E-state index < -0.39 is 30.4 Å². The third-order valence-corrected chi connectivity index (χ3v) is 5.24. The van der Waals surface area contributed by atoms with Gasteiger partial charge in [-0.3, -0.25) is 14.4 Å². The smallest absolute Gasteiger partial charge is 0.338 e. The summed E-state index contributed by atoms with van der Waals surface area (Å²) in [5.41, 5.74) is 1.20. The van der Waals surface area contributed by atoms with Crippen LogP contribution in [0.15, 0.2) is 42.5 Å². The Hall–Kier alpha value is -3.10. The van der Waals surface area contributed by atoms with E-state index in [1.54, 1.807) is 25.1 Å². The number of nitrogens with one attached hydrogen (secondary N) is 1. The zero-order valence-corrected chi connectivity index (χ0v) is 18.6. The summed E-state index contributed by atoms with van der Waals surface area (Å²) in [7, 11) is 0. The lowest BCUT2D eigenvalue weighted by atomic mass is 10.1. The van der Waals surface area contributed by atoms with E-state index in [4.69, 9.17) is 32.7 Å². The van der Waals surface area contributed by atoms with Crippen LogP contribution >= 0.6 is 23.2 Å². The van der Waals surface area contributed by atoms with Crippen molar-refractivity contribution in [2.45, 2.75) is 13.3 Å². The molecule has 2 aromatic carbocycles. The van der Waals surface area contributed by atoms with Gasteiger partial charge in [-0.15, -0.1) is 0 Å². The number of hydrogen-bond acceptors (Lipinski definition) is 6. The molecule has 0 bridgehead atoms. The van der Waals surface area contributed by atoms with E-state index in [0.29, 0.717) is 27.0 Å². The molecule has 3 rings (SSSR count). The average Bonchev–Trinajstić information content (AvgIpc) is 3.16. The predicted molar refractivity (Wildman–Crippen MR) is 119 cm³/mol. The van der Waals surface area contributed by atoms with Gasteiger partial charge in [-0.2, -0.15) is 0 Å². The molecule has 0 unspecified atom stereocenters. The first-order valence-corrected chi connectivity index (χ1v) is 10.5. The maximum Gasteiger partial charge on any atom is 0.338 e. The summed E-state index contributed by atoms with van der Waals surface area (Å²) >= 11 is 12.1. The standard InChI is InChI=1S/C22H20Cl2N2O6/c1-2-31-21(29)13-3-6-16(7-4-13)25-19(27)12-32-22(30)14-9-20(28)26(11-14)18-10-15(23)5-8-17(18)24/h3-8,10,14H,2,9,11-12H2,1H3,(H,25,27)/t14-/m1/s1. The maximum atomic E-state index is 12.4. The molecule has 10 heteroatoms. The molecule has 1 saturated heterocycles. The van der Waals surface area contributed by atoms with E-state index in [-0.39, 0.29) is 25.5 Å². The Kier molecular flexibility index (Phi) is 7.71. The number of ether oxygens (including phenoxy) is 2. The van der Waals surface area contributed by atoms with Gasteiger partial charge < -0.3 is 19.7 Å². The molecule has 1 atom stereocenters. The van der Waals surface area contributed by atoms with Crippen LogP contribution in [-0.4, -0.2) is 43.5 Å². The molecule has 0 radical (unpaired) electrons. The Bertz CT molecular complexity index is 1040. The van der Waals surface area contributed by atoms with Gasteiger partial charge in [0, 0.05) is 23.7 Å². The Labute approximate surface area is 194 Å². The van der Waals surface area contributed by atoms with Crippen molar-refractivity contribution in [1.82, 2.24) is 0 Å². The van der Waals surface area contributed by atoms with Crippen molar-refractivity contribution in [2.24, 2.45) is 5.92 Å². The minimum atomic E-state index is -0.728. The lowest BCUT2D eigenvalue weighted by molar-refractivity contribution is -0.151. The highest BCUT2D eigenvalue weighted by molar-refractivity contribution is 6.35. The molecule has 0 spiro atoms. The molecule has 0 aliphatic carbocycles. The van der Waals surface area contributed by atoms with Crippen LogP contribution in [0.5, 0.6) is 0 Å². The van der Waals surface area contributed by atoms with Crippen molar-refractivity contribution in [3.63, 3.8) is 0 Å². The van der Waals surface area contributed by atoms with Crippen LogP contribution < -0.4 is 10.2 Å². The molecule has 1 N–H and O–H groups in total. The molecular formula is C22H20Cl2N2O6. The van der Waals surface area contributed by atoms with Gasteiger partial charge in [0.1, 0.15) is 0 Å². The highest BCUT2D eigenvalue weighted by Crippen LogP contribution is 2.33. The van der Waals surface area contributed by atoms with E-state index >= 15 is 0 Å². The van der Waals surface area contributed by atoms with Crippen LogP contribution in [0.4, 0.5) is 11.4 Å². The normalized spacial score (nSPS) is 15.4. The summed E-state index contributed by atoms with van der Waals surface area (Å²) in [6, 6.07) is 10.8. The van der Waals surface area contributed by atoms with Crippen LogP contribution in [0.3, 0.4) is 0 Å². The van der Waals surface area contributed by atoms with Gasteiger partial charge in [0.25, 0.3) is 5.91 Å². The van der Waals surface area contributed by atoms with Gasteiger partial charge in [0.05, 0.1) is 28.8 Å². The fourth-order valence-corrected chi connectivity index (χ4v) is 3.53. The monoisotopic (exact) mass is 478 g/mol. The Balaban J connectivity index is 1.51. The summed E-state index contributed by atoms with van der Waals surface area (Å²) in [6.45, 7) is 1.54. The number of halogens is 2. The van der Waals surface area contributed by atoms with Crippen molar-refractivity contribution < 1.29 is 28.7 Å². The van der Waals surface area contributed by atoms with Crippen molar-refractivity contribution in [2.75, 3.05) is 30.0 Å². The lowest BCUT2D eigenvalue weighted by Crippen LogP contribution is -2.28. The molecule has 0 saturated carbocycles. The SMILES string of the molecule is CCOC(=O)c1ccc(NC(=O)COC(=O)[C@@H]2CC(=O)N(c3cc(Cl)ccc3Cl)C2)cc1. The zero-order chi connectivity index (χ0) is 23.3. The quantitative estimate of drug-likeness (QED) is 0.608. The molecular weight excluding hydrogens is 459 g/mol. The van der Waals surface area contributed by atoms with Gasteiger partial charge in [0.15, 0.2) is 6.61 Å². The molecule has 2 aromatic rings. The largest absolute Gasteiger partial charge is 0.462 e. The first-order chi connectivity index (χ1) is 15.3. The summed E-state index contributed by atoms with van der Waals surface area (Å²) in [4.78, 5) is 49.8. The van der Waals surface area contributed by atoms with Gasteiger partial charge in [0.2, 0.25) is 5.91 Å². The van der Waals surface area contributed by atoms with E-state index in [1.807, 2.05) is 0 Å². The molecule has 2 amide bonds. The molecule has 168 valence electrons. The number of esters is 2. The summed E-state index contributed by atoms with van der Waals surface area (Å²) < 4.78 is 9.97. The molecule has 8 nitrogen and oxygen atoms in total. The maximum absolute atomic E-state index is 12.4. The van der Waals surface area contributed by atoms with Gasteiger partial charge in [-0.1, -0.05) is 23.2 Å². The molecule has 1 aliphatic rings. The number of rotatable bonds is 7. The highest BCUT2D eigenvalue weighted by Gasteiger charge is 2.37. The molecule has 1 fully saturated rings. The molecule has 32 heavy (non-hydrogen) atoms. The topological polar surface area (TPSA) is 102 Å². The third-order valence-electron chi connectivity index (χ3n) is 4.68. The first kappa shape index (κ1) is 23.6. The number of carbonyl (C=O) groups excluding carboxylic acids is 4. The van der Waals surface area contributed by atoms with Gasteiger partial charge >= 0.3 is 11.9 Å². The van der Waals surface area contributed by atoms with E-state index in [2.05, 4.69) is 5.32 Å². The van der Waals surface area contributed by atoms with Crippen LogP contribution in [-0.2, 0) is 23.9 Å². The van der Waals surface area contributed by atoms with Gasteiger partial charge in [-0.25, -0.2) is 4.79 Å². The van der Waals surface area contributed by atoms with Crippen LogP contribution in [0.2, 0.25) is 10.0 Å². The van der Waals surface area contributed by atoms with Crippen LogP contribution in [0.25, 0.3) is 0 Å². The Morgan fingerprint density at radius 2 is 1.81 bits per heavy atom. The Morgan fingerprint density at radius 3 is 2.50 bits per heavy atom. The number of benzene rings is 2. The highest BCUT2D eigenvalue weighted by atomic mass is 35.5. The number of hydrogen-bond donors (Lipinski definition) is 1. The average molecular weight is 479 g/mol. The number of amides is 2. The minimum absolute atomic E-state index is 0.0569. The number of carbonyl (C=O) groups is 4. The summed E-state index contributed by atoms with van der Waals surface area (Å²) in [5, 5.41) is 3.32. The lowest BCUT2D eigenvalue weighted by Gasteiger charge is -2.18. The number of nitrogens with zero attached hydrogens (tertiary/aromatic N) is 1. The summed E-state index contributed by atoms with van der Waals surface area (Å²) in [5.74, 6) is -2.69. The van der Waals surface area contributed by atoms with E-state index in [1.165, 1.54) is 29.2 Å². The first-order valence-electron chi connectivity index (χ1n) is 9.77. The predicted octanol–water partition coefficient (Wildman–Crippen LogP) is 3.70. The summed E-state index contributed by atoms with van der Waals surface area (Å²) in [6.07, 6.45) is -0.0569. The molecule has 1 heterocycles. The van der Waals surface area contributed by atoms with Crippen molar-refractivity contribution >= 4 is 58.3 Å². The molecule has 0 aromatic heterocycles. The van der Waals surface area contributed by atoms with Crippen molar-refractivity contribution in [3.8, 4) is 0 Å². The van der Waals surface area contributed by atoms with E-state index in [9.17, 15) is 19.2 Å². The minimum Gasteiger partial charge on any atom is -0.462 e. The van der Waals surface area contributed by atoms with Crippen molar-refractivity contribution in [3.05, 3.63) is 58.1 Å². The van der Waals surface area contributed by atoms with Gasteiger partial charge in [-0.05, 0) is 49.4 Å². The fourth-order valence-electron chi connectivity index (χ4n) is 3.15. The second-order valence-corrected chi connectivity index (χ2v) is 7.80. The van der Waals surface area contributed by atoms with Crippen molar-refractivity contribution in [1.29, 1.82) is 0 Å². The van der Waals surface area contributed by atoms with Crippen LogP contribution in [0.1, 0.15) is 23.7 Å². The Morgan fingerprint density at radius 1 is 1.09 bits per heavy atom. The zero-order valence-electron chi connectivity index (χ0n) is 17.1.